The topological polar surface area (TPSA) is 54.1 Å². The molecule has 2 rings (SSSR count). The van der Waals surface area contributed by atoms with Crippen LogP contribution in [-0.2, 0) is 10.8 Å². The van der Waals surface area contributed by atoms with Crippen molar-refractivity contribution in [3.8, 4) is 0 Å². The molecule has 0 amide bonds. The second-order valence-electron chi connectivity index (χ2n) is 2.18. The van der Waals surface area contributed by atoms with E-state index in [4.69, 9.17) is 0 Å². The lowest BCUT2D eigenvalue weighted by Gasteiger charge is -1.70. The van der Waals surface area contributed by atoms with Crippen LogP contribution in [0.4, 0.5) is 0 Å². The summed E-state index contributed by atoms with van der Waals surface area (Å²) in [6.45, 7) is 2.67. The van der Waals surface area contributed by atoms with E-state index in [9.17, 15) is 4.21 Å². The number of azo groups is 1. The van der Waals surface area contributed by atoms with Crippen LogP contribution >= 0.6 is 0 Å². The predicted molar refractivity (Wildman–Crippen MR) is 45.6 cm³/mol. The molecule has 0 aromatic rings. The van der Waals surface area contributed by atoms with Crippen molar-refractivity contribution in [3.63, 3.8) is 0 Å². The van der Waals surface area contributed by atoms with Gasteiger partial charge >= 0.3 is 0 Å². The summed E-state index contributed by atoms with van der Waals surface area (Å²) >= 11 is 0. The van der Waals surface area contributed by atoms with Crippen LogP contribution in [0.5, 0.6) is 0 Å². The molecule has 0 aromatic carbocycles. The van der Waals surface area contributed by atoms with Crippen LogP contribution in [0.1, 0.15) is 6.42 Å². The number of hydrogen-bond donors (Lipinski definition) is 0. The van der Waals surface area contributed by atoms with E-state index in [1.807, 2.05) is 0 Å². The highest BCUT2D eigenvalue weighted by molar-refractivity contribution is 7.98. The molecule has 0 bridgehead atoms. The smallest absolute Gasteiger partial charge is 0.0854 e. The molecule has 5 heteroatoms. The SMILES string of the molecule is C1CN=NC1.O=S1C=NCC1. The molecule has 2 heterocycles. The zero-order valence-corrected chi connectivity index (χ0v) is 7.09. The van der Waals surface area contributed by atoms with Gasteiger partial charge in [0.25, 0.3) is 0 Å². The Hall–Kier alpha value is -0.580. The third kappa shape index (κ3) is 3.98. The zero-order valence-electron chi connectivity index (χ0n) is 6.27. The average molecular weight is 173 g/mol. The van der Waals surface area contributed by atoms with Crippen LogP contribution in [0.3, 0.4) is 0 Å². The summed E-state index contributed by atoms with van der Waals surface area (Å²) in [5.41, 5.74) is 1.50. The van der Waals surface area contributed by atoms with E-state index < -0.39 is 10.8 Å². The Morgan fingerprint density at radius 1 is 1.18 bits per heavy atom. The van der Waals surface area contributed by atoms with Gasteiger partial charge in [-0.3, -0.25) is 9.20 Å². The van der Waals surface area contributed by atoms with Crippen LogP contribution in [0.25, 0.3) is 0 Å². The van der Waals surface area contributed by atoms with Crippen molar-refractivity contribution in [2.75, 3.05) is 25.4 Å². The van der Waals surface area contributed by atoms with Crippen molar-refractivity contribution in [2.24, 2.45) is 15.2 Å². The number of nitrogens with zero attached hydrogens (tertiary/aromatic N) is 3. The van der Waals surface area contributed by atoms with Gasteiger partial charge in [0.05, 0.1) is 36.0 Å². The van der Waals surface area contributed by atoms with Gasteiger partial charge in [0.15, 0.2) is 0 Å². The molecule has 0 N–H and O–H groups in total. The molecule has 0 radical (unpaired) electrons. The van der Waals surface area contributed by atoms with Gasteiger partial charge in [-0.2, -0.15) is 10.2 Å². The largest absolute Gasteiger partial charge is 0.283 e. The molecule has 4 nitrogen and oxygen atoms in total. The minimum Gasteiger partial charge on any atom is -0.283 e. The Morgan fingerprint density at radius 2 is 1.91 bits per heavy atom. The molecule has 0 aromatic heterocycles. The fourth-order valence-electron chi connectivity index (χ4n) is 0.685. The molecule has 11 heavy (non-hydrogen) atoms. The quantitative estimate of drug-likeness (QED) is 0.529. The number of rotatable bonds is 0. The van der Waals surface area contributed by atoms with Crippen molar-refractivity contribution < 1.29 is 4.21 Å². The maximum Gasteiger partial charge on any atom is 0.0854 e. The first kappa shape index (κ1) is 8.52. The van der Waals surface area contributed by atoms with Crippen molar-refractivity contribution in [2.45, 2.75) is 6.42 Å². The van der Waals surface area contributed by atoms with E-state index in [0.717, 1.165) is 25.4 Å². The van der Waals surface area contributed by atoms with Crippen LogP contribution in [0, 0.1) is 0 Å². The van der Waals surface area contributed by atoms with Crippen molar-refractivity contribution in [1.29, 1.82) is 0 Å². The highest BCUT2D eigenvalue weighted by Crippen LogP contribution is 1.91. The summed E-state index contributed by atoms with van der Waals surface area (Å²) in [7, 11) is -0.715. The van der Waals surface area contributed by atoms with Crippen molar-refractivity contribution >= 4 is 16.3 Å². The van der Waals surface area contributed by atoms with E-state index in [1.54, 1.807) is 0 Å². The van der Waals surface area contributed by atoms with Gasteiger partial charge in [-0.15, -0.1) is 0 Å². The molecular formula is C6H11N3OS. The summed E-state index contributed by atoms with van der Waals surface area (Å²) in [6.07, 6.45) is 1.17. The van der Waals surface area contributed by atoms with E-state index >= 15 is 0 Å². The molecule has 0 fully saturated rings. The van der Waals surface area contributed by atoms with Gasteiger partial charge in [-0.05, 0) is 6.42 Å². The van der Waals surface area contributed by atoms with Crippen LogP contribution in [0.15, 0.2) is 15.2 Å². The van der Waals surface area contributed by atoms with E-state index in [0.29, 0.717) is 0 Å². The van der Waals surface area contributed by atoms with Gasteiger partial charge in [-0.25, -0.2) is 0 Å². The Labute approximate surface area is 68.3 Å². The first-order chi connectivity index (χ1) is 5.39. The zero-order chi connectivity index (χ0) is 7.94. The average Bonchev–Trinajstić information content (AvgIpc) is 2.57. The molecule has 2 aliphatic heterocycles. The standard InChI is InChI=1S/C3H6N2.C3H5NOS/c1-2-4-5-3-1;5-6-2-1-4-3-6/h1-3H2;3H,1-2H2. The minimum atomic E-state index is -0.715. The molecule has 1 atom stereocenters. The molecule has 0 spiro atoms. The molecular weight excluding hydrogens is 162 g/mol. The maximum atomic E-state index is 10.2. The monoisotopic (exact) mass is 173 g/mol. The molecule has 0 saturated heterocycles. The Balaban J connectivity index is 0.000000112. The summed E-state index contributed by atoms with van der Waals surface area (Å²) in [6, 6.07) is 0. The van der Waals surface area contributed by atoms with Crippen molar-refractivity contribution in [1.82, 2.24) is 0 Å². The Bertz CT molecular complexity index is 184. The normalized spacial score (nSPS) is 26.7. The lowest BCUT2D eigenvalue weighted by Crippen LogP contribution is -1.88. The van der Waals surface area contributed by atoms with Gasteiger partial charge in [0.1, 0.15) is 0 Å². The predicted octanol–water partition coefficient (Wildman–Crippen LogP) is 0.619. The summed E-state index contributed by atoms with van der Waals surface area (Å²) < 4.78 is 10.2. The van der Waals surface area contributed by atoms with E-state index in [2.05, 4.69) is 15.2 Å². The molecule has 62 valence electrons. The van der Waals surface area contributed by atoms with Gasteiger partial charge in [0.2, 0.25) is 0 Å². The maximum absolute atomic E-state index is 10.2. The number of hydrogen-bond acceptors (Lipinski definition) is 4. The summed E-state index contributed by atoms with van der Waals surface area (Å²) in [5, 5.41) is 7.42. The van der Waals surface area contributed by atoms with Crippen LogP contribution in [0.2, 0.25) is 0 Å². The first-order valence-corrected chi connectivity index (χ1v) is 4.98. The van der Waals surface area contributed by atoms with E-state index in [-0.39, 0.29) is 0 Å². The Kier molecular flexibility index (Phi) is 3.96. The van der Waals surface area contributed by atoms with Gasteiger partial charge in [-0.1, -0.05) is 0 Å². The molecule has 0 saturated carbocycles. The highest BCUT2D eigenvalue weighted by Gasteiger charge is 1.97. The lowest BCUT2D eigenvalue weighted by molar-refractivity contribution is 0.691. The minimum absolute atomic E-state index is 0.715. The first-order valence-electron chi connectivity index (χ1n) is 3.60. The fraction of sp³-hybridized carbons (Fsp3) is 0.833. The fourth-order valence-corrected chi connectivity index (χ4v) is 1.35. The highest BCUT2D eigenvalue weighted by atomic mass is 32.2. The number of aliphatic imine (C=N–C) groups is 1. The molecule has 2 aliphatic rings. The van der Waals surface area contributed by atoms with Crippen LogP contribution in [-0.4, -0.2) is 35.1 Å². The Morgan fingerprint density at radius 3 is 2.09 bits per heavy atom. The summed E-state index contributed by atoms with van der Waals surface area (Å²) in [5.74, 6) is 0.736. The van der Waals surface area contributed by atoms with Gasteiger partial charge in [0, 0.05) is 5.75 Å². The second-order valence-corrected chi connectivity index (χ2v) is 3.56. The van der Waals surface area contributed by atoms with E-state index in [1.165, 1.54) is 12.0 Å². The second kappa shape index (κ2) is 5.12. The third-order valence-electron chi connectivity index (χ3n) is 1.23. The third-order valence-corrected chi connectivity index (χ3v) is 2.20. The molecule has 0 aliphatic carbocycles. The summed E-state index contributed by atoms with van der Waals surface area (Å²) in [4.78, 5) is 3.74. The van der Waals surface area contributed by atoms with Crippen LogP contribution < -0.4 is 0 Å². The van der Waals surface area contributed by atoms with Gasteiger partial charge < -0.3 is 0 Å². The molecule has 1 unspecified atom stereocenters. The van der Waals surface area contributed by atoms with Crippen molar-refractivity contribution in [3.05, 3.63) is 0 Å². The lowest BCUT2D eigenvalue weighted by atomic mass is 10.5.